The van der Waals surface area contributed by atoms with Crippen molar-refractivity contribution in [3.8, 4) is 17.2 Å². The van der Waals surface area contributed by atoms with Gasteiger partial charge >= 0.3 is 5.97 Å². The summed E-state index contributed by atoms with van der Waals surface area (Å²) in [5.74, 6) is -2.41. The maximum atomic E-state index is 13.4. The molecule has 4 rings (SSSR count). The van der Waals surface area contributed by atoms with Crippen LogP contribution < -0.4 is 14.4 Å². The largest absolute Gasteiger partial charge is 0.508 e. The molecule has 0 bridgehead atoms. The average Bonchev–Trinajstić information content (AvgIpc) is 3.21. The van der Waals surface area contributed by atoms with Gasteiger partial charge in [0.15, 0.2) is 0 Å². The number of phenols is 1. The van der Waals surface area contributed by atoms with Gasteiger partial charge in [0, 0.05) is 11.8 Å². The summed E-state index contributed by atoms with van der Waals surface area (Å²) in [5, 5.41) is 21.4. The van der Waals surface area contributed by atoms with Crippen LogP contribution in [-0.2, 0) is 14.3 Å². The minimum atomic E-state index is -1.07. The van der Waals surface area contributed by atoms with Gasteiger partial charge in [0.05, 0.1) is 48.6 Å². The second-order valence-electron chi connectivity index (χ2n) is 8.63. The number of aliphatic hydroxyl groups excluding tert-OH is 1. The van der Waals surface area contributed by atoms with E-state index in [0.29, 0.717) is 17.7 Å². The number of carbonyl (C=O) groups excluding carboxylic acids is 3. The smallest absolute Gasteiger partial charge is 0.338 e. The van der Waals surface area contributed by atoms with Crippen LogP contribution in [0.25, 0.3) is 5.76 Å². The molecule has 39 heavy (non-hydrogen) atoms. The van der Waals surface area contributed by atoms with Crippen molar-refractivity contribution in [1.29, 1.82) is 0 Å². The maximum Gasteiger partial charge on any atom is 0.338 e. The number of phenolic OH excluding ortho intramolecular Hbond substituents is 1. The summed E-state index contributed by atoms with van der Waals surface area (Å²) >= 11 is 6.30. The van der Waals surface area contributed by atoms with Gasteiger partial charge < -0.3 is 24.4 Å². The zero-order chi connectivity index (χ0) is 28.3. The van der Waals surface area contributed by atoms with Gasteiger partial charge in [-0.3, -0.25) is 14.5 Å². The fourth-order valence-electron chi connectivity index (χ4n) is 4.30. The standard InChI is InChI=1S/C29H26ClNO8/c1-4-13-39-29(36)17-5-9-18(10-6-17)31-25(16-7-11-19(32)12-8-16)24(27(34)28(31)35)26(33)20-14-21(30)23(38-3)15-22(20)37-2/h5-12,14-15,25,32-33H,4,13H2,1-3H3/b26-24+. The Labute approximate surface area is 229 Å². The van der Waals surface area contributed by atoms with E-state index in [4.69, 9.17) is 25.8 Å². The molecule has 1 unspecified atom stereocenters. The van der Waals surface area contributed by atoms with Gasteiger partial charge in [0.1, 0.15) is 23.0 Å². The number of halogens is 1. The fourth-order valence-corrected chi connectivity index (χ4v) is 4.54. The molecule has 1 heterocycles. The van der Waals surface area contributed by atoms with Crippen LogP contribution in [0.4, 0.5) is 5.69 Å². The first kappa shape index (κ1) is 27.5. The number of ketones is 1. The zero-order valence-electron chi connectivity index (χ0n) is 21.4. The molecular weight excluding hydrogens is 526 g/mol. The van der Waals surface area contributed by atoms with E-state index in [1.54, 1.807) is 12.1 Å². The van der Waals surface area contributed by atoms with E-state index in [2.05, 4.69) is 0 Å². The number of aromatic hydroxyl groups is 1. The third-order valence-corrected chi connectivity index (χ3v) is 6.50. The number of hydrogen-bond donors (Lipinski definition) is 2. The Hall–Kier alpha value is -4.50. The van der Waals surface area contributed by atoms with E-state index >= 15 is 0 Å². The van der Waals surface area contributed by atoms with Crippen molar-refractivity contribution in [2.24, 2.45) is 0 Å². The molecule has 1 atom stereocenters. The number of ether oxygens (including phenoxy) is 3. The molecule has 10 heteroatoms. The summed E-state index contributed by atoms with van der Waals surface area (Å²) in [6, 6.07) is 13.7. The van der Waals surface area contributed by atoms with E-state index in [1.807, 2.05) is 6.92 Å². The number of amides is 1. The van der Waals surface area contributed by atoms with Gasteiger partial charge in [-0.25, -0.2) is 4.79 Å². The van der Waals surface area contributed by atoms with Gasteiger partial charge in [-0.05, 0) is 54.4 Å². The maximum absolute atomic E-state index is 13.4. The van der Waals surface area contributed by atoms with Crippen molar-refractivity contribution >= 4 is 40.7 Å². The number of esters is 1. The monoisotopic (exact) mass is 551 g/mol. The molecule has 3 aromatic carbocycles. The van der Waals surface area contributed by atoms with E-state index in [0.717, 1.165) is 0 Å². The Morgan fingerprint density at radius 3 is 2.21 bits per heavy atom. The molecule has 202 valence electrons. The fraction of sp³-hybridized carbons (Fsp3) is 0.207. The number of nitrogens with zero attached hydrogens (tertiary/aromatic N) is 1. The number of methoxy groups -OCH3 is 2. The van der Waals surface area contributed by atoms with E-state index in [-0.39, 0.29) is 45.6 Å². The van der Waals surface area contributed by atoms with Crippen molar-refractivity contribution in [2.75, 3.05) is 25.7 Å². The molecule has 1 fully saturated rings. The topological polar surface area (TPSA) is 123 Å². The first-order valence-corrected chi connectivity index (χ1v) is 12.4. The van der Waals surface area contributed by atoms with Crippen molar-refractivity contribution in [1.82, 2.24) is 0 Å². The van der Waals surface area contributed by atoms with Crippen LogP contribution in [0.3, 0.4) is 0 Å². The first-order valence-electron chi connectivity index (χ1n) is 12.0. The molecule has 1 aliphatic rings. The molecule has 0 spiro atoms. The van der Waals surface area contributed by atoms with E-state index in [1.165, 1.54) is 67.7 Å². The quantitative estimate of drug-likeness (QED) is 0.168. The minimum absolute atomic E-state index is 0.0192. The highest BCUT2D eigenvalue weighted by Gasteiger charge is 2.47. The Morgan fingerprint density at radius 2 is 1.62 bits per heavy atom. The highest BCUT2D eigenvalue weighted by Crippen LogP contribution is 2.45. The van der Waals surface area contributed by atoms with Crippen LogP contribution in [-0.4, -0.2) is 48.7 Å². The van der Waals surface area contributed by atoms with Crippen molar-refractivity contribution < 1.29 is 38.8 Å². The normalized spacial score (nSPS) is 16.3. The third kappa shape index (κ3) is 5.26. The summed E-state index contributed by atoms with van der Waals surface area (Å²) in [5.41, 5.74) is 0.901. The molecule has 1 amide bonds. The molecular formula is C29H26ClNO8. The predicted octanol–water partition coefficient (Wildman–Crippen LogP) is 5.26. The van der Waals surface area contributed by atoms with E-state index in [9.17, 15) is 24.6 Å². The number of carbonyl (C=O) groups is 3. The molecule has 1 saturated heterocycles. The highest BCUT2D eigenvalue weighted by atomic mass is 35.5. The first-order chi connectivity index (χ1) is 18.7. The number of anilines is 1. The van der Waals surface area contributed by atoms with Crippen molar-refractivity contribution in [3.63, 3.8) is 0 Å². The Balaban J connectivity index is 1.88. The molecule has 2 N–H and O–H groups in total. The van der Waals surface area contributed by atoms with Crippen molar-refractivity contribution in [3.05, 3.63) is 87.9 Å². The number of rotatable bonds is 8. The molecule has 1 aliphatic heterocycles. The molecule has 9 nitrogen and oxygen atoms in total. The Bertz CT molecular complexity index is 1450. The molecule has 0 saturated carbocycles. The lowest BCUT2D eigenvalue weighted by Crippen LogP contribution is -2.29. The summed E-state index contributed by atoms with van der Waals surface area (Å²) in [7, 11) is 2.80. The van der Waals surface area contributed by atoms with Crippen LogP contribution in [0.2, 0.25) is 5.02 Å². The number of benzene rings is 3. The summed E-state index contributed by atoms with van der Waals surface area (Å²) in [6.07, 6.45) is 0.672. The van der Waals surface area contributed by atoms with Crippen LogP contribution in [0.5, 0.6) is 17.2 Å². The van der Waals surface area contributed by atoms with Gasteiger partial charge in [0.2, 0.25) is 0 Å². The van der Waals surface area contributed by atoms with Crippen LogP contribution >= 0.6 is 11.6 Å². The lowest BCUT2D eigenvalue weighted by molar-refractivity contribution is -0.132. The van der Waals surface area contributed by atoms with Gasteiger partial charge in [-0.2, -0.15) is 0 Å². The van der Waals surface area contributed by atoms with E-state index < -0.39 is 29.5 Å². The van der Waals surface area contributed by atoms with Gasteiger partial charge in [-0.1, -0.05) is 30.7 Å². The molecule has 0 aromatic heterocycles. The highest BCUT2D eigenvalue weighted by molar-refractivity contribution is 6.51. The second-order valence-corrected chi connectivity index (χ2v) is 9.04. The van der Waals surface area contributed by atoms with Gasteiger partial charge in [-0.15, -0.1) is 0 Å². The lowest BCUT2D eigenvalue weighted by Gasteiger charge is -2.26. The van der Waals surface area contributed by atoms with Gasteiger partial charge in [0.25, 0.3) is 11.7 Å². The SMILES string of the molecule is CCCOC(=O)c1ccc(N2C(=O)C(=O)/C(=C(/O)c3cc(Cl)c(OC)cc3OC)C2c2ccc(O)cc2)cc1. The number of Topliss-reactive ketones (excluding diaryl/α,β-unsaturated/α-hetero) is 1. The van der Waals surface area contributed by atoms with Crippen molar-refractivity contribution in [2.45, 2.75) is 19.4 Å². The molecule has 0 radical (unpaired) electrons. The minimum Gasteiger partial charge on any atom is -0.508 e. The Kier molecular flexibility index (Phi) is 8.11. The lowest BCUT2D eigenvalue weighted by atomic mass is 9.94. The molecule has 0 aliphatic carbocycles. The summed E-state index contributed by atoms with van der Waals surface area (Å²) in [6.45, 7) is 2.15. The zero-order valence-corrected chi connectivity index (χ0v) is 22.2. The predicted molar refractivity (Wildman–Crippen MR) is 144 cm³/mol. The average molecular weight is 552 g/mol. The second kappa shape index (κ2) is 11.5. The van der Waals surface area contributed by atoms with Crippen LogP contribution in [0, 0.1) is 0 Å². The summed E-state index contributed by atoms with van der Waals surface area (Å²) in [4.78, 5) is 40.3. The summed E-state index contributed by atoms with van der Waals surface area (Å²) < 4.78 is 15.8. The van der Waals surface area contributed by atoms with Crippen LogP contribution in [0.15, 0.2) is 66.2 Å². The molecule has 3 aromatic rings. The third-order valence-electron chi connectivity index (χ3n) is 6.20. The number of aliphatic hydroxyl groups is 1. The van der Waals surface area contributed by atoms with Crippen LogP contribution in [0.1, 0.15) is 40.9 Å². The Morgan fingerprint density at radius 1 is 0.974 bits per heavy atom. The number of hydrogen-bond acceptors (Lipinski definition) is 8.